The third-order valence-electron chi connectivity index (χ3n) is 6.17. The van der Waals surface area contributed by atoms with Crippen molar-refractivity contribution in [3.63, 3.8) is 0 Å². The number of nitrogens with one attached hydrogen (secondary N) is 2. The number of hydrogen-bond donors (Lipinski definition) is 2. The van der Waals surface area contributed by atoms with Crippen LogP contribution in [0.5, 0.6) is 5.75 Å². The van der Waals surface area contributed by atoms with E-state index in [1.807, 2.05) is 13.8 Å². The molecule has 3 amide bonds. The average molecular weight is 597 g/mol. The van der Waals surface area contributed by atoms with E-state index in [9.17, 15) is 43.4 Å². The number of benzene rings is 1. The number of hydrogen-bond acceptors (Lipinski definition) is 10. The highest BCUT2D eigenvalue weighted by molar-refractivity contribution is 7.43. The van der Waals surface area contributed by atoms with Crippen LogP contribution in [0.3, 0.4) is 0 Å². The second kappa shape index (κ2) is 18.2. The van der Waals surface area contributed by atoms with Gasteiger partial charge in [-0.3, -0.25) is 19.2 Å². The smallest absolute Gasteiger partial charge is 0.245 e. The zero-order chi connectivity index (χ0) is 31.0. The van der Waals surface area contributed by atoms with Crippen LogP contribution in [0, 0.1) is 0 Å². The molecular formula is C27H39N3O10P-3. The molecule has 1 aromatic rings. The summed E-state index contributed by atoms with van der Waals surface area (Å²) in [6.45, 7) is 6.13. The molecular weight excluding hydrogens is 557 g/mol. The fraction of sp³-hybridized carbons (Fsp3) is 0.593. The Balaban J connectivity index is 3.22. The second-order valence-corrected chi connectivity index (χ2v) is 10.8. The van der Waals surface area contributed by atoms with Gasteiger partial charge in [0.1, 0.15) is 25.7 Å². The summed E-state index contributed by atoms with van der Waals surface area (Å²) >= 11 is 0. The first-order valence-electron chi connectivity index (χ1n) is 13.7. The van der Waals surface area contributed by atoms with Crippen LogP contribution in [0.15, 0.2) is 18.2 Å². The Morgan fingerprint density at radius 1 is 1.00 bits per heavy atom. The molecule has 14 heteroatoms. The Morgan fingerprint density at radius 2 is 1.61 bits per heavy atom. The number of aliphatic carboxylic acids is 1. The number of carboxylic acids is 1. The van der Waals surface area contributed by atoms with Gasteiger partial charge in [-0.05, 0) is 43.4 Å². The molecule has 0 bridgehead atoms. The lowest BCUT2D eigenvalue weighted by molar-refractivity contribution is -0.333. The maximum absolute atomic E-state index is 13.5. The maximum Gasteiger partial charge on any atom is 0.245 e. The van der Waals surface area contributed by atoms with E-state index in [0.29, 0.717) is 18.7 Å². The van der Waals surface area contributed by atoms with Crippen LogP contribution in [0.2, 0.25) is 0 Å². The van der Waals surface area contributed by atoms with Crippen molar-refractivity contribution in [2.75, 3.05) is 13.1 Å². The van der Waals surface area contributed by atoms with E-state index in [0.717, 1.165) is 44.6 Å². The Bertz CT molecular complexity index is 1080. The molecule has 0 saturated carbocycles. The van der Waals surface area contributed by atoms with Crippen LogP contribution in [-0.2, 0) is 30.2 Å². The minimum absolute atomic E-state index is 0.183. The fourth-order valence-corrected chi connectivity index (χ4v) is 4.57. The van der Waals surface area contributed by atoms with Crippen molar-refractivity contribution in [1.82, 2.24) is 15.5 Å². The number of nitrogens with zero attached hydrogens (tertiary/aromatic N) is 1. The summed E-state index contributed by atoms with van der Waals surface area (Å²) in [5, 5.41) is 16.3. The lowest BCUT2D eigenvalue weighted by Gasteiger charge is -2.30. The third-order valence-corrected chi connectivity index (χ3v) is 6.59. The monoisotopic (exact) mass is 596 g/mol. The molecule has 0 saturated heterocycles. The van der Waals surface area contributed by atoms with E-state index in [1.54, 1.807) is 4.90 Å². The average Bonchev–Trinajstić information content (AvgIpc) is 2.89. The number of carbonyl (C=O) groups excluding carboxylic acids is 5. The highest BCUT2D eigenvalue weighted by Gasteiger charge is 2.29. The highest BCUT2D eigenvalue weighted by Crippen LogP contribution is 2.31. The number of amides is 3. The van der Waals surface area contributed by atoms with Crippen molar-refractivity contribution < 1.29 is 48.0 Å². The highest BCUT2D eigenvalue weighted by atomic mass is 31.2. The minimum atomic E-state index is -5.43. The van der Waals surface area contributed by atoms with E-state index in [1.165, 1.54) is 19.1 Å². The number of phosphoric ester groups is 1. The maximum atomic E-state index is 13.5. The summed E-state index contributed by atoms with van der Waals surface area (Å²) in [7, 11) is -5.43. The molecule has 0 fully saturated rings. The van der Waals surface area contributed by atoms with Crippen molar-refractivity contribution in [2.45, 2.75) is 90.6 Å². The Morgan fingerprint density at radius 3 is 2.10 bits per heavy atom. The molecule has 2 N–H and O–H groups in total. The second-order valence-electron chi connectivity index (χ2n) is 9.70. The molecule has 1 aromatic carbocycles. The molecule has 1 rings (SSSR count). The molecule has 0 spiro atoms. The molecule has 13 nitrogen and oxygen atoms in total. The van der Waals surface area contributed by atoms with Gasteiger partial charge in [-0.15, -0.1) is 0 Å². The van der Waals surface area contributed by atoms with Gasteiger partial charge < -0.3 is 44.3 Å². The summed E-state index contributed by atoms with van der Waals surface area (Å²) < 4.78 is 15.2. The zero-order valence-electron chi connectivity index (χ0n) is 23.7. The van der Waals surface area contributed by atoms with Crippen molar-refractivity contribution in [2.24, 2.45) is 0 Å². The fourth-order valence-electron chi connectivity index (χ4n) is 4.16. The molecule has 0 unspecified atom stereocenters. The molecule has 0 aliphatic carbocycles. The number of phosphoric acid groups is 1. The van der Waals surface area contributed by atoms with Crippen LogP contribution in [0.25, 0.3) is 0 Å². The molecule has 41 heavy (non-hydrogen) atoms. The number of carbonyl (C=O) groups is 5. The van der Waals surface area contributed by atoms with Crippen LogP contribution < -0.4 is 30.1 Å². The third kappa shape index (κ3) is 14.3. The van der Waals surface area contributed by atoms with Crippen molar-refractivity contribution >= 4 is 37.8 Å². The summed E-state index contributed by atoms with van der Waals surface area (Å²) in [5.74, 6) is -3.65. The van der Waals surface area contributed by atoms with E-state index >= 15 is 0 Å². The van der Waals surface area contributed by atoms with Gasteiger partial charge in [-0.2, -0.15) is 0 Å². The molecule has 0 heterocycles. The number of carboxylic acid groups (broad SMARTS) is 1. The number of rotatable bonds is 20. The van der Waals surface area contributed by atoms with E-state index in [4.69, 9.17) is 0 Å². The Hall–Kier alpha value is -3.28. The summed E-state index contributed by atoms with van der Waals surface area (Å²) in [4.78, 5) is 84.9. The summed E-state index contributed by atoms with van der Waals surface area (Å²) in [6.07, 6.45) is 4.54. The van der Waals surface area contributed by atoms with Crippen LogP contribution in [-0.4, -0.2) is 60.1 Å². The lowest BCUT2D eigenvalue weighted by atomic mass is 10.0. The number of aldehydes is 1. The molecule has 230 valence electrons. The first kappa shape index (κ1) is 35.7. The van der Waals surface area contributed by atoms with E-state index in [2.05, 4.69) is 15.2 Å². The van der Waals surface area contributed by atoms with Crippen molar-refractivity contribution in [3.05, 3.63) is 29.3 Å². The van der Waals surface area contributed by atoms with Gasteiger partial charge in [0, 0.05) is 32.4 Å². The zero-order valence-corrected chi connectivity index (χ0v) is 24.6. The van der Waals surface area contributed by atoms with Gasteiger partial charge in [0.05, 0.1) is 5.56 Å². The van der Waals surface area contributed by atoms with Gasteiger partial charge in [0.2, 0.25) is 17.7 Å². The normalized spacial score (nSPS) is 12.6. The molecule has 0 radical (unpaired) electrons. The van der Waals surface area contributed by atoms with Gasteiger partial charge in [-0.25, -0.2) is 0 Å². The lowest BCUT2D eigenvalue weighted by Crippen LogP contribution is -2.55. The molecule has 0 aliphatic rings. The van der Waals surface area contributed by atoms with E-state index in [-0.39, 0.29) is 24.7 Å². The quantitative estimate of drug-likeness (QED) is 0.117. The summed E-state index contributed by atoms with van der Waals surface area (Å²) in [5.41, 5.74) is 0.0339. The SMILES string of the molecule is CCCCCN(CCCCC)C(=O)[C@H](CCC(=O)[O-])NC(=O)[C@H](Cc1ccc(OP(=O)([O-])[O-])c(C=O)c1)NC(C)=O. The minimum Gasteiger partial charge on any atom is -0.780 e. The van der Waals surface area contributed by atoms with Crippen LogP contribution in [0.4, 0.5) is 0 Å². The largest absolute Gasteiger partial charge is 0.780 e. The summed E-state index contributed by atoms with van der Waals surface area (Å²) in [6, 6.07) is 1.14. The van der Waals surface area contributed by atoms with Gasteiger partial charge in [0.15, 0.2) is 6.29 Å². The predicted octanol–water partition coefficient (Wildman–Crippen LogP) is -0.0223. The first-order valence-corrected chi connectivity index (χ1v) is 15.1. The molecule has 0 aromatic heterocycles. The van der Waals surface area contributed by atoms with Gasteiger partial charge in [0.25, 0.3) is 0 Å². The number of unbranched alkanes of at least 4 members (excludes halogenated alkanes) is 4. The standard InChI is InChI=1S/C27H42N3O10P/c1-4-6-8-14-30(15-9-7-5-2)27(36)22(11-13-25(33)34)29-26(35)23(28-19(3)32)17-20-10-12-24(21(16-20)18-31)40-41(37,38)39/h10,12,16,18,22-23H,4-9,11,13-15,17H2,1-3H3,(H,28,32)(H,29,35)(H,33,34)(H2,37,38,39)/p-3/t22-,23-/m0/s1. The van der Waals surface area contributed by atoms with Gasteiger partial charge in [-0.1, -0.05) is 45.6 Å². The molecule has 0 aliphatic heterocycles. The first-order chi connectivity index (χ1) is 19.3. The topological polar surface area (TPSA) is 208 Å². The molecule has 2 atom stereocenters. The van der Waals surface area contributed by atoms with Gasteiger partial charge >= 0.3 is 0 Å². The Kier molecular flexibility index (Phi) is 15.9. The van der Waals surface area contributed by atoms with Crippen LogP contribution >= 0.6 is 7.82 Å². The van der Waals surface area contributed by atoms with Crippen molar-refractivity contribution in [1.29, 1.82) is 0 Å². The van der Waals surface area contributed by atoms with Crippen LogP contribution in [0.1, 0.15) is 88.1 Å². The predicted molar refractivity (Wildman–Crippen MR) is 143 cm³/mol. The Labute approximate surface area is 240 Å². The van der Waals surface area contributed by atoms with E-state index < -0.39 is 55.8 Å². The van der Waals surface area contributed by atoms with Crippen molar-refractivity contribution in [3.8, 4) is 5.75 Å².